The van der Waals surface area contributed by atoms with Gasteiger partial charge in [-0.2, -0.15) is 0 Å². The van der Waals surface area contributed by atoms with E-state index >= 15 is 0 Å². The zero-order chi connectivity index (χ0) is 14.7. The van der Waals surface area contributed by atoms with Crippen molar-refractivity contribution in [2.24, 2.45) is 0 Å². The van der Waals surface area contributed by atoms with Gasteiger partial charge in [-0.25, -0.2) is 9.18 Å². The van der Waals surface area contributed by atoms with E-state index < -0.39 is 11.8 Å². The van der Waals surface area contributed by atoms with Crippen LogP contribution in [0.4, 0.5) is 4.39 Å². The van der Waals surface area contributed by atoms with Gasteiger partial charge in [0.15, 0.2) is 11.6 Å². The molecular weight excluding hydrogens is 331 g/mol. The number of hydrogen-bond acceptors (Lipinski definition) is 3. The third-order valence-corrected chi connectivity index (χ3v) is 4.26. The van der Waals surface area contributed by atoms with E-state index in [0.717, 1.165) is 19.3 Å². The summed E-state index contributed by atoms with van der Waals surface area (Å²) in [5.74, 6) is -1.78. The highest BCUT2D eigenvalue weighted by atomic mass is 79.9. The van der Waals surface area contributed by atoms with Gasteiger partial charge in [0.2, 0.25) is 0 Å². The van der Waals surface area contributed by atoms with Crippen LogP contribution >= 0.6 is 15.9 Å². The van der Waals surface area contributed by atoms with Crippen molar-refractivity contribution in [2.45, 2.75) is 37.9 Å². The third-order valence-electron chi connectivity index (χ3n) is 3.48. The Morgan fingerprint density at radius 1 is 1.40 bits per heavy atom. The van der Waals surface area contributed by atoms with Crippen molar-refractivity contribution < 1.29 is 23.8 Å². The number of carboxylic acids is 1. The Bertz CT molecular complexity index is 506. The van der Waals surface area contributed by atoms with Crippen LogP contribution in [0.2, 0.25) is 0 Å². The Morgan fingerprint density at radius 3 is 2.75 bits per heavy atom. The fourth-order valence-corrected chi connectivity index (χ4v) is 2.89. The van der Waals surface area contributed by atoms with Gasteiger partial charge in [-0.1, -0.05) is 0 Å². The molecule has 20 heavy (non-hydrogen) atoms. The van der Waals surface area contributed by atoms with E-state index in [0.29, 0.717) is 6.42 Å². The highest BCUT2D eigenvalue weighted by molar-refractivity contribution is 9.10. The minimum absolute atomic E-state index is 0.0728. The van der Waals surface area contributed by atoms with Crippen molar-refractivity contribution in [1.82, 2.24) is 0 Å². The molecule has 4 nitrogen and oxygen atoms in total. The highest BCUT2D eigenvalue weighted by Gasteiger charge is 2.25. The summed E-state index contributed by atoms with van der Waals surface area (Å²) in [5.41, 5.74) is -0.117. The molecule has 1 aromatic carbocycles. The van der Waals surface area contributed by atoms with Gasteiger partial charge in [-0.05, 0) is 47.3 Å². The second-order valence-electron chi connectivity index (χ2n) is 4.81. The molecule has 110 valence electrons. The van der Waals surface area contributed by atoms with Crippen molar-refractivity contribution in [3.63, 3.8) is 0 Å². The quantitative estimate of drug-likeness (QED) is 0.904. The van der Waals surface area contributed by atoms with Gasteiger partial charge in [0.25, 0.3) is 0 Å². The lowest BCUT2D eigenvalue weighted by atomic mass is 9.95. The maximum absolute atomic E-state index is 14.1. The number of methoxy groups -OCH3 is 1. The number of ether oxygens (including phenoxy) is 2. The molecular formula is C14H16BrFO4. The zero-order valence-corrected chi connectivity index (χ0v) is 12.7. The molecule has 0 aliphatic heterocycles. The number of benzene rings is 1. The lowest BCUT2D eigenvalue weighted by molar-refractivity contribution is 0.0197. The van der Waals surface area contributed by atoms with Crippen LogP contribution in [-0.2, 0) is 4.74 Å². The molecule has 1 N–H and O–H groups in total. The van der Waals surface area contributed by atoms with E-state index in [9.17, 15) is 9.18 Å². The molecule has 0 spiro atoms. The summed E-state index contributed by atoms with van der Waals surface area (Å²) in [6.45, 7) is 0. The number of carboxylic acid groups (broad SMARTS) is 1. The number of carbonyl (C=O) groups is 1. The van der Waals surface area contributed by atoms with Crippen LogP contribution in [-0.4, -0.2) is 30.4 Å². The lowest BCUT2D eigenvalue weighted by Crippen LogP contribution is -2.29. The fraction of sp³-hybridized carbons (Fsp3) is 0.500. The summed E-state index contributed by atoms with van der Waals surface area (Å²) >= 11 is 2.96. The number of hydrogen-bond donors (Lipinski definition) is 1. The minimum Gasteiger partial charge on any atom is -0.487 e. The fourth-order valence-electron chi connectivity index (χ4n) is 2.39. The predicted octanol–water partition coefficient (Wildman–Crippen LogP) is 3.62. The largest absolute Gasteiger partial charge is 0.487 e. The Morgan fingerprint density at radius 2 is 2.10 bits per heavy atom. The second-order valence-corrected chi connectivity index (χ2v) is 5.60. The number of halogens is 2. The van der Waals surface area contributed by atoms with Gasteiger partial charge < -0.3 is 14.6 Å². The monoisotopic (exact) mass is 346 g/mol. The van der Waals surface area contributed by atoms with Gasteiger partial charge in [0.05, 0.1) is 16.1 Å². The van der Waals surface area contributed by atoms with Crippen LogP contribution in [0.3, 0.4) is 0 Å². The van der Waals surface area contributed by atoms with Crippen LogP contribution in [0.1, 0.15) is 36.0 Å². The molecule has 0 heterocycles. The van der Waals surface area contributed by atoms with Gasteiger partial charge in [0, 0.05) is 13.5 Å². The Kier molecular flexibility index (Phi) is 4.99. The first-order valence-corrected chi connectivity index (χ1v) is 7.23. The average Bonchev–Trinajstić information content (AvgIpc) is 2.44. The minimum atomic E-state index is -1.18. The van der Waals surface area contributed by atoms with Gasteiger partial charge in [-0.3, -0.25) is 0 Å². The van der Waals surface area contributed by atoms with Gasteiger partial charge in [-0.15, -0.1) is 0 Å². The van der Waals surface area contributed by atoms with Crippen molar-refractivity contribution in [3.05, 3.63) is 28.0 Å². The van der Waals surface area contributed by atoms with E-state index in [2.05, 4.69) is 15.9 Å². The van der Waals surface area contributed by atoms with Crippen molar-refractivity contribution in [3.8, 4) is 5.75 Å². The van der Waals surface area contributed by atoms with Crippen LogP contribution in [0.5, 0.6) is 5.75 Å². The number of aromatic carboxylic acids is 1. The standard InChI is InChI=1S/C14H16BrFO4/c1-19-8-3-2-4-9(7-8)20-11-6-5-10(14(17)18)12(15)13(11)16/h5-6,8-9H,2-4,7H2,1H3,(H,17,18). The van der Waals surface area contributed by atoms with E-state index in [4.69, 9.17) is 14.6 Å². The number of rotatable bonds is 4. The Balaban J connectivity index is 2.14. The summed E-state index contributed by atoms with van der Waals surface area (Å²) in [4.78, 5) is 10.9. The molecule has 1 aliphatic carbocycles. The Labute approximate surface area is 125 Å². The first-order chi connectivity index (χ1) is 9.52. The first kappa shape index (κ1) is 15.3. The summed E-state index contributed by atoms with van der Waals surface area (Å²) in [7, 11) is 1.66. The molecule has 1 aromatic rings. The van der Waals surface area contributed by atoms with E-state index in [1.54, 1.807) is 7.11 Å². The molecule has 1 aliphatic rings. The van der Waals surface area contributed by atoms with Crippen molar-refractivity contribution in [2.75, 3.05) is 7.11 Å². The first-order valence-electron chi connectivity index (χ1n) is 6.43. The van der Waals surface area contributed by atoms with Crippen LogP contribution in [0.15, 0.2) is 16.6 Å². The average molecular weight is 347 g/mol. The molecule has 1 fully saturated rings. The summed E-state index contributed by atoms with van der Waals surface area (Å²) in [5, 5.41) is 8.92. The van der Waals surface area contributed by atoms with Crippen LogP contribution < -0.4 is 4.74 Å². The van der Waals surface area contributed by atoms with Crippen molar-refractivity contribution >= 4 is 21.9 Å². The van der Waals surface area contributed by atoms with Gasteiger partial charge in [0.1, 0.15) is 6.10 Å². The normalized spacial score (nSPS) is 22.6. The molecule has 2 atom stereocenters. The summed E-state index contributed by atoms with van der Waals surface area (Å²) in [6.07, 6.45) is 3.55. The Hall–Kier alpha value is -1.14. The molecule has 1 saturated carbocycles. The van der Waals surface area contributed by atoms with E-state index in [-0.39, 0.29) is 28.0 Å². The van der Waals surface area contributed by atoms with Crippen LogP contribution in [0.25, 0.3) is 0 Å². The predicted molar refractivity (Wildman–Crippen MR) is 74.7 cm³/mol. The maximum Gasteiger partial charge on any atom is 0.336 e. The molecule has 0 radical (unpaired) electrons. The summed E-state index contributed by atoms with van der Waals surface area (Å²) < 4.78 is 25.0. The van der Waals surface area contributed by atoms with E-state index in [1.165, 1.54) is 12.1 Å². The smallest absolute Gasteiger partial charge is 0.336 e. The maximum atomic E-state index is 14.1. The third kappa shape index (κ3) is 3.30. The highest BCUT2D eigenvalue weighted by Crippen LogP contribution is 2.32. The van der Waals surface area contributed by atoms with E-state index in [1.807, 2.05) is 0 Å². The van der Waals surface area contributed by atoms with Crippen LogP contribution in [0, 0.1) is 5.82 Å². The SMILES string of the molecule is COC1CCCC(Oc2ccc(C(=O)O)c(Br)c2F)C1. The topological polar surface area (TPSA) is 55.8 Å². The molecule has 0 bridgehead atoms. The lowest BCUT2D eigenvalue weighted by Gasteiger charge is -2.28. The second kappa shape index (κ2) is 6.54. The molecule has 0 amide bonds. The molecule has 2 unspecified atom stereocenters. The molecule has 2 rings (SSSR count). The zero-order valence-electron chi connectivity index (χ0n) is 11.1. The molecule has 0 saturated heterocycles. The molecule has 6 heteroatoms. The molecule has 0 aromatic heterocycles. The summed E-state index contributed by atoms with van der Waals surface area (Å²) in [6, 6.07) is 2.70. The van der Waals surface area contributed by atoms with Crippen molar-refractivity contribution in [1.29, 1.82) is 0 Å². The van der Waals surface area contributed by atoms with Gasteiger partial charge >= 0.3 is 5.97 Å².